The Labute approximate surface area is 537 Å². The van der Waals surface area contributed by atoms with Crippen LogP contribution in [0.1, 0.15) is 350 Å². The monoisotopic (exact) mass is 1300 g/mol. The number of aliphatic hydroxyl groups excluding tert-OH is 1. The lowest BCUT2D eigenvalue weighted by Gasteiger charge is -2.21. The van der Waals surface area contributed by atoms with Crippen molar-refractivity contribution in [2.45, 2.75) is 368 Å². The fraction of sp³-hybridized carbons (Fsp3) is 0.942. The highest BCUT2D eigenvalue weighted by atomic mass is 31.2. The van der Waals surface area contributed by atoms with E-state index in [9.17, 15) is 43.2 Å². The summed E-state index contributed by atoms with van der Waals surface area (Å²) in [4.78, 5) is 72.4. The van der Waals surface area contributed by atoms with Gasteiger partial charge < -0.3 is 33.8 Å². The molecule has 0 saturated heterocycles. The lowest BCUT2D eigenvalue weighted by molar-refractivity contribution is -0.161. The molecule has 0 heterocycles. The topological polar surface area (TPSA) is 237 Å². The van der Waals surface area contributed by atoms with E-state index >= 15 is 0 Å². The van der Waals surface area contributed by atoms with Crippen LogP contribution in [0.25, 0.3) is 0 Å². The first-order chi connectivity index (χ1) is 42.4. The Morgan fingerprint density at radius 1 is 0.330 bits per heavy atom. The molecule has 0 aromatic heterocycles. The number of esters is 4. The molecule has 0 fully saturated rings. The van der Waals surface area contributed by atoms with Crippen LogP contribution in [-0.4, -0.2) is 96.7 Å². The molecular formula is C69H134O17P2. The zero-order chi connectivity index (χ0) is 65.0. The van der Waals surface area contributed by atoms with Crippen LogP contribution in [0.15, 0.2) is 0 Å². The highest BCUT2D eigenvalue weighted by Crippen LogP contribution is 2.45. The van der Waals surface area contributed by atoms with Crippen LogP contribution < -0.4 is 0 Å². The minimum Gasteiger partial charge on any atom is -0.462 e. The number of hydrogen-bond donors (Lipinski definition) is 3. The zero-order valence-electron chi connectivity index (χ0n) is 57.0. The molecule has 0 bridgehead atoms. The Hall–Kier alpha value is -1.94. The molecular weight excluding hydrogens is 1160 g/mol. The van der Waals surface area contributed by atoms with Crippen molar-refractivity contribution in [1.29, 1.82) is 0 Å². The van der Waals surface area contributed by atoms with Crippen LogP contribution in [0, 0.1) is 11.8 Å². The summed E-state index contributed by atoms with van der Waals surface area (Å²) in [5, 5.41) is 10.6. The molecule has 0 aliphatic rings. The summed E-state index contributed by atoms with van der Waals surface area (Å²) in [7, 11) is -9.89. The molecule has 88 heavy (non-hydrogen) atoms. The van der Waals surface area contributed by atoms with Gasteiger partial charge in [0, 0.05) is 25.7 Å². The number of ether oxygens (including phenoxy) is 4. The van der Waals surface area contributed by atoms with Crippen molar-refractivity contribution in [2.75, 3.05) is 39.6 Å². The molecule has 0 radical (unpaired) electrons. The normalized spacial score (nSPS) is 14.5. The maximum absolute atomic E-state index is 13.0. The van der Waals surface area contributed by atoms with Crippen LogP contribution in [0.2, 0.25) is 0 Å². The molecule has 3 N–H and O–H groups in total. The van der Waals surface area contributed by atoms with Gasteiger partial charge >= 0.3 is 39.5 Å². The molecule has 0 spiro atoms. The Kier molecular flexibility index (Phi) is 59.9. The van der Waals surface area contributed by atoms with Gasteiger partial charge in [-0.25, -0.2) is 9.13 Å². The van der Waals surface area contributed by atoms with Gasteiger partial charge in [0.05, 0.1) is 26.4 Å². The molecule has 0 aliphatic carbocycles. The largest absolute Gasteiger partial charge is 0.472 e. The van der Waals surface area contributed by atoms with Crippen molar-refractivity contribution >= 4 is 39.5 Å². The molecule has 17 nitrogen and oxygen atoms in total. The van der Waals surface area contributed by atoms with Crippen molar-refractivity contribution in [3.63, 3.8) is 0 Å². The first-order valence-corrected chi connectivity index (χ1v) is 39.0. The molecule has 0 aliphatic heterocycles. The summed E-state index contributed by atoms with van der Waals surface area (Å²) in [6.45, 7) is 9.51. The number of rotatable bonds is 68. The lowest BCUT2D eigenvalue weighted by atomic mass is 9.99. The third-order valence-corrected chi connectivity index (χ3v) is 18.2. The third kappa shape index (κ3) is 61.6. The fourth-order valence-corrected chi connectivity index (χ4v) is 12.0. The van der Waals surface area contributed by atoms with Crippen molar-refractivity contribution < 1.29 is 80.2 Å². The minimum atomic E-state index is -4.95. The molecule has 522 valence electrons. The maximum Gasteiger partial charge on any atom is 0.472 e. The molecule has 0 aromatic rings. The summed E-state index contributed by atoms with van der Waals surface area (Å²) >= 11 is 0. The summed E-state index contributed by atoms with van der Waals surface area (Å²) in [6, 6.07) is 0. The highest BCUT2D eigenvalue weighted by Gasteiger charge is 2.30. The zero-order valence-corrected chi connectivity index (χ0v) is 58.8. The lowest BCUT2D eigenvalue weighted by Crippen LogP contribution is -2.30. The Morgan fingerprint density at radius 3 is 0.864 bits per heavy atom. The van der Waals surface area contributed by atoms with E-state index in [2.05, 4.69) is 41.5 Å². The number of phosphoric acid groups is 2. The van der Waals surface area contributed by atoms with E-state index in [0.717, 1.165) is 95.8 Å². The summed E-state index contributed by atoms with van der Waals surface area (Å²) < 4.78 is 68.2. The Bertz CT molecular complexity index is 1720. The number of hydrogen-bond acceptors (Lipinski definition) is 15. The number of carbonyl (C=O) groups excluding carboxylic acids is 4. The molecule has 0 amide bonds. The highest BCUT2D eigenvalue weighted by molar-refractivity contribution is 7.47. The van der Waals surface area contributed by atoms with Gasteiger partial charge in [0.1, 0.15) is 19.3 Å². The average molecular weight is 1300 g/mol. The van der Waals surface area contributed by atoms with Crippen LogP contribution in [0.3, 0.4) is 0 Å². The summed E-state index contributed by atoms with van der Waals surface area (Å²) in [5.74, 6) is -0.586. The summed E-state index contributed by atoms with van der Waals surface area (Å²) in [5.41, 5.74) is 0. The molecule has 3 unspecified atom stereocenters. The van der Waals surface area contributed by atoms with Crippen LogP contribution in [0.4, 0.5) is 0 Å². The van der Waals surface area contributed by atoms with Gasteiger partial charge in [-0.05, 0) is 37.5 Å². The van der Waals surface area contributed by atoms with Crippen molar-refractivity contribution in [1.82, 2.24) is 0 Å². The van der Waals surface area contributed by atoms with E-state index < -0.39 is 97.5 Å². The van der Waals surface area contributed by atoms with Gasteiger partial charge in [0.2, 0.25) is 0 Å². The number of phosphoric ester groups is 2. The van der Waals surface area contributed by atoms with Gasteiger partial charge in [0.15, 0.2) is 12.2 Å². The maximum atomic E-state index is 13.0. The smallest absolute Gasteiger partial charge is 0.462 e. The predicted molar refractivity (Wildman–Crippen MR) is 354 cm³/mol. The fourth-order valence-electron chi connectivity index (χ4n) is 10.4. The first kappa shape index (κ1) is 86.1. The van der Waals surface area contributed by atoms with Gasteiger partial charge in [0.25, 0.3) is 0 Å². The summed E-state index contributed by atoms with van der Waals surface area (Å²) in [6.07, 6.45) is 45.8. The predicted octanol–water partition coefficient (Wildman–Crippen LogP) is 19.6. The second-order valence-electron chi connectivity index (χ2n) is 25.6. The quantitative estimate of drug-likeness (QED) is 0.0222. The number of aliphatic hydroxyl groups is 1. The van der Waals surface area contributed by atoms with Gasteiger partial charge in [-0.2, -0.15) is 0 Å². The van der Waals surface area contributed by atoms with E-state index in [-0.39, 0.29) is 25.7 Å². The average Bonchev–Trinajstić information content (AvgIpc) is 3.64. The van der Waals surface area contributed by atoms with Crippen LogP contribution in [-0.2, 0) is 65.4 Å². The Balaban J connectivity index is 5.20. The first-order valence-electron chi connectivity index (χ1n) is 36.0. The second-order valence-corrected chi connectivity index (χ2v) is 28.5. The molecule has 0 saturated carbocycles. The van der Waals surface area contributed by atoms with Crippen molar-refractivity contribution in [2.24, 2.45) is 11.8 Å². The SMILES string of the molecule is CCCCCCCCCCCCCC(=O)OC[C@H](COP(=O)(O)OC[C@@H](O)COP(=O)(O)OC[C@@H](COC(=O)CCCCCCCCCCC)OC(=O)CCCCCCCCCC(C)C)OC(=O)CCCCCCCCCCCCCCCCC(C)CC. The molecule has 19 heteroatoms. The van der Waals surface area contributed by atoms with Gasteiger partial charge in [-0.3, -0.25) is 37.3 Å². The van der Waals surface area contributed by atoms with Crippen molar-refractivity contribution in [3.8, 4) is 0 Å². The van der Waals surface area contributed by atoms with E-state index in [1.807, 2.05) is 0 Å². The van der Waals surface area contributed by atoms with Gasteiger partial charge in [-0.15, -0.1) is 0 Å². The van der Waals surface area contributed by atoms with Crippen LogP contribution >= 0.6 is 15.6 Å². The van der Waals surface area contributed by atoms with Crippen molar-refractivity contribution in [3.05, 3.63) is 0 Å². The second kappa shape index (κ2) is 61.3. The van der Waals surface area contributed by atoms with Gasteiger partial charge in [-0.1, -0.05) is 298 Å². The standard InChI is InChI=1S/C69H134O17P2/c1-7-10-12-14-16-18-23-28-34-40-46-52-67(72)80-57-64(85-68(73)53-47-41-35-29-25-22-20-19-21-24-27-32-38-44-50-62(6)9-3)59-83-87(75,76)81-55-63(70)56-82-88(77,78)84-60-65(58-79-66(71)51-45-39-33-26-17-15-13-11-8-2)86-69(74)54-48-42-36-30-31-37-43-49-61(4)5/h61-65,70H,7-60H2,1-6H3,(H,75,76)(H,77,78)/t62?,63-,64-,65-/m1/s1. The molecule has 0 aromatic carbocycles. The van der Waals surface area contributed by atoms with E-state index in [1.165, 1.54) is 167 Å². The molecule has 0 rings (SSSR count). The van der Waals surface area contributed by atoms with E-state index in [4.69, 9.17) is 37.0 Å². The third-order valence-electron chi connectivity index (χ3n) is 16.3. The van der Waals surface area contributed by atoms with E-state index in [1.54, 1.807) is 0 Å². The minimum absolute atomic E-state index is 0.103. The number of unbranched alkanes of at least 4 members (excludes halogenated alkanes) is 37. The van der Waals surface area contributed by atoms with E-state index in [0.29, 0.717) is 31.6 Å². The van der Waals surface area contributed by atoms with Crippen LogP contribution in [0.5, 0.6) is 0 Å². The number of carbonyl (C=O) groups is 4. The molecule has 6 atom stereocenters. The Morgan fingerprint density at radius 2 is 0.580 bits per heavy atom.